The number of nitrogens with zero attached hydrogens (tertiary/aromatic N) is 3. The molecule has 1 aromatic rings. The van der Waals surface area contributed by atoms with Gasteiger partial charge in [0.2, 0.25) is 5.95 Å². The topological polar surface area (TPSA) is 98.7 Å². The maximum Gasteiger partial charge on any atom is 0.341 e. The second kappa shape index (κ2) is 7.01. The lowest BCUT2D eigenvalue weighted by molar-refractivity contribution is 0.0599. The Bertz CT molecular complexity index is 609. The highest BCUT2D eigenvalue weighted by Crippen LogP contribution is 2.21. The van der Waals surface area contributed by atoms with Crippen molar-refractivity contribution in [1.29, 1.82) is 0 Å². The summed E-state index contributed by atoms with van der Waals surface area (Å²) in [6, 6.07) is 0. The van der Waals surface area contributed by atoms with Gasteiger partial charge in [0.25, 0.3) is 10.1 Å². The van der Waals surface area contributed by atoms with E-state index in [1.807, 2.05) is 4.90 Å². The highest BCUT2D eigenvalue weighted by molar-refractivity contribution is 7.85. The number of hydrogen-bond donors (Lipinski definition) is 0. The van der Waals surface area contributed by atoms with Gasteiger partial charge in [-0.3, -0.25) is 4.18 Å². The Morgan fingerprint density at radius 2 is 1.91 bits per heavy atom. The van der Waals surface area contributed by atoms with E-state index in [9.17, 15) is 13.2 Å². The van der Waals surface area contributed by atoms with E-state index in [1.54, 1.807) is 0 Å². The maximum atomic E-state index is 11.3. The van der Waals surface area contributed by atoms with Gasteiger partial charge in [-0.1, -0.05) is 0 Å². The van der Waals surface area contributed by atoms with Crippen molar-refractivity contribution < 1.29 is 22.1 Å². The van der Waals surface area contributed by atoms with Crippen molar-refractivity contribution in [2.45, 2.75) is 12.8 Å². The molecule has 0 saturated carbocycles. The number of hydrogen-bond acceptors (Lipinski definition) is 8. The smallest absolute Gasteiger partial charge is 0.341 e. The molecule has 2 rings (SSSR count). The molecule has 0 amide bonds. The summed E-state index contributed by atoms with van der Waals surface area (Å²) in [4.78, 5) is 21.7. The van der Waals surface area contributed by atoms with Gasteiger partial charge in [0.1, 0.15) is 0 Å². The quantitative estimate of drug-likeness (QED) is 0.567. The molecule has 0 aliphatic carbocycles. The molecule has 0 bridgehead atoms. The van der Waals surface area contributed by atoms with E-state index in [1.165, 1.54) is 19.5 Å². The Hall–Kier alpha value is -1.74. The second-order valence-corrected chi connectivity index (χ2v) is 6.83. The van der Waals surface area contributed by atoms with Crippen LogP contribution in [0.2, 0.25) is 0 Å². The molecule has 1 aliphatic rings. The van der Waals surface area contributed by atoms with Crippen molar-refractivity contribution in [2.24, 2.45) is 5.92 Å². The standard InChI is InChI=1S/C13H19N3O5S/c1-20-12(17)11-7-14-13(15-8-11)16-5-3-10(4-6-16)9-21-22(2,18)19/h7-8,10H,3-6,9H2,1-2H3. The summed E-state index contributed by atoms with van der Waals surface area (Å²) < 4.78 is 31.4. The molecular weight excluding hydrogens is 310 g/mol. The van der Waals surface area contributed by atoms with Crippen LogP contribution in [0, 0.1) is 5.92 Å². The molecule has 22 heavy (non-hydrogen) atoms. The van der Waals surface area contributed by atoms with Crippen molar-refractivity contribution >= 4 is 22.0 Å². The maximum absolute atomic E-state index is 11.3. The van der Waals surface area contributed by atoms with Crippen LogP contribution in [0.15, 0.2) is 12.4 Å². The van der Waals surface area contributed by atoms with Gasteiger partial charge in [-0.05, 0) is 18.8 Å². The summed E-state index contributed by atoms with van der Waals surface area (Å²) in [6.07, 6.45) is 5.54. The third kappa shape index (κ3) is 4.63. The largest absolute Gasteiger partial charge is 0.465 e. The van der Waals surface area contributed by atoms with Gasteiger partial charge in [0.05, 0.1) is 25.5 Å². The van der Waals surface area contributed by atoms with Gasteiger partial charge < -0.3 is 9.64 Å². The molecule has 1 saturated heterocycles. The fourth-order valence-electron chi connectivity index (χ4n) is 2.23. The van der Waals surface area contributed by atoms with Gasteiger partial charge in [-0.2, -0.15) is 8.42 Å². The number of aromatic nitrogens is 2. The summed E-state index contributed by atoms with van der Waals surface area (Å²) in [5.74, 6) is 0.290. The average molecular weight is 329 g/mol. The van der Waals surface area contributed by atoms with E-state index in [0.29, 0.717) is 11.5 Å². The van der Waals surface area contributed by atoms with Gasteiger partial charge in [0.15, 0.2) is 0 Å². The SMILES string of the molecule is COC(=O)c1cnc(N2CCC(COS(C)(=O)=O)CC2)nc1. The molecule has 0 N–H and O–H groups in total. The first-order chi connectivity index (χ1) is 10.4. The summed E-state index contributed by atoms with van der Waals surface area (Å²) >= 11 is 0. The third-order valence-electron chi connectivity index (χ3n) is 3.47. The Labute approximate surface area is 129 Å². The first-order valence-corrected chi connectivity index (χ1v) is 8.70. The Balaban J connectivity index is 1.87. The van der Waals surface area contributed by atoms with E-state index >= 15 is 0 Å². The Kier molecular flexibility index (Phi) is 5.30. The Morgan fingerprint density at radius 3 is 2.41 bits per heavy atom. The minimum atomic E-state index is -3.39. The van der Waals surface area contributed by atoms with E-state index in [2.05, 4.69) is 14.7 Å². The minimum Gasteiger partial charge on any atom is -0.465 e. The third-order valence-corrected chi connectivity index (χ3v) is 4.04. The zero-order chi connectivity index (χ0) is 16.2. The zero-order valence-electron chi connectivity index (χ0n) is 12.6. The predicted octanol–water partition coefficient (Wildman–Crippen LogP) is 0.456. The normalized spacial score (nSPS) is 16.5. The van der Waals surface area contributed by atoms with Crippen molar-refractivity contribution in [3.63, 3.8) is 0 Å². The number of esters is 1. The molecule has 8 nitrogen and oxygen atoms in total. The fourth-order valence-corrected chi connectivity index (χ4v) is 2.67. The zero-order valence-corrected chi connectivity index (χ0v) is 13.4. The molecule has 0 spiro atoms. The van der Waals surface area contributed by atoms with Crippen LogP contribution < -0.4 is 4.90 Å². The van der Waals surface area contributed by atoms with E-state index < -0.39 is 16.1 Å². The minimum absolute atomic E-state index is 0.209. The predicted molar refractivity (Wildman–Crippen MR) is 79.1 cm³/mol. The molecule has 0 radical (unpaired) electrons. The summed E-state index contributed by atoms with van der Waals surface area (Å²) in [5.41, 5.74) is 0.308. The first-order valence-electron chi connectivity index (χ1n) is 6.89. The molecule has 1 aliphatic heterocycles. The molecule has 122 valence electrons. The van der Waals surface area contributed by atoms with Crippen molar-refractivity contribution in [1.82, 2.24) is 9.97 Å². The van der Waals surface area contributed by atoms with Crippen LogP contribution in [0.5, 0.6) is 0 Å². The van der Waals surface area contributed by atoms with Crippen molar-refractivity contribution in [3.05, 3.63) is 18.0 Å². The number of rotatable bonds is 5. The number of carbonyl (C=O) groups excluding carboxylic acids is 1. The van der Waals surface area contributed by atoms with Crippen LogP contribution in [0.1, 0.15) is 23.2 Å². The van der Waals surface area contributed by atoms with Gasteiger partial charge in [-0.25, -0.2) is 14.8 Å². The van der Waals surface area contributed by atoms with Crippen LogP contribution >= 0.6 is 0 Å². The Morgan fingerprint density at radius 1 is 1.32 bits per heavy atom. The van der Waals surface area contributed by atoms with E-state index in [4.69, 9.17) is 4.18 Å². The number of methoxy groups -OCH3 is 1. The monoisotopic (exact) mass is 329 g/mol. The molecule has 9 heteroatoms. The summed E-state index contributed by atoms with van der Waals surface area (Å²) in [6.45, 7) is 1.65. The van der Waals surface area contributed by atoms with E-state index in [-0.39, 0.29) is 12.5 Å². The van der Waals surface area contributed by atoms with Crippen LogP contribution in [0.4, 0.5) is 5.95 Å². The lowest BCUT2D eigenvalue weighted by Crippen LogP contribution is -2.36. The fraction of sp³-hybridized carbons (Fsp3) is 0.615. The van der Waals surface area contributed by atoms with Crippen molar-refractivity contribution in [3.8, 4) is 0 Å². The number of carbonyl (C=O) groups is 1. The molecule has 1 aromatic heterocycles. The van der Waals surface area contributed by atoms with Crippen molar-refractivity contribution in [2.75, 3.05) is 38.0 Å². The summed E-state index contributed by atoms with van der Waals surface area (Å²) in [7, 11) is -2.08. The van der Waals surface area contributed by atoms with Gasteiger partial charge in [0, 0.05) is 25.5 Å². The van der Waals surface area contributed by atoms with Gasteiger partial charge in [-0.15, -0.1) is 0 Å². The number of piperidine rings is 1. The number of anilines is 1. The lowest BCUT2D eigenvalue weighted by Gasteiger charge is -2.31. The van der Waals surface area contributed by atoms with E-state index in [0.717, 1.165) is 32.2 Å². The van der Waals surface area contributed by atoms with Crippen LogP contribution in [0.25, 0.3) is 0 Å². The second-order valence-electron chi connectivity index (χ2n) is 5.18. The molecule has 0 atom stereocenters. The molecule has 2 heterocycles. The van der Waals surface area contributed by atoms with Crippen LogP contribution in [-0.2, 0) is 19.0 Å². The molecule has 1 fully saturated rings. The summed E-state index contributed by atoms with van der Waals surface area (Å²) in [5, 5.41) is 0. The average Bonchev–Trinajstić information content (AvgIpc) is 2.52. The first kappa shape index (κ1) is 16.6. The molecule has 0 aromatic carbocycles. The highest BCUT2D eigenvalue weighted by Gasteiger charge is 2.22. The number of ether oxygens (including phenoxy) is 1. The van der Waals surface area contributed by atoms with Gasteiger partial charge >= 0.3 is 5.97 Å². The molecular formula is C13H19N3O5S. The highest BCUT2D eigenvalue weighted by atomic mass is 32.2. The van der Waals surface area contributed by atoms with Crippen LogP contribution in [-0.4, -0.2) is 57.4 Å². The van der Waals surface area contributed by atoms with Crippen LogP contribution in [0.3, 0.4) is 0 Å². The molecule has 0 unspecified atom stereocenters. The lowest BCUT2D eigenvalue weighted by atomic mass is 9.98.